The van der Waals surface area contributed by atoms with Crippen LogP contribution in [0.15, 0.2) is 36.6 Å². The maximum atomic E-state index is 13.6. The lowest BCUT2D eigenvalue weighted by Crippen LogP contribution is -2.33. The van der Waals surface area contributed by atoms with E-state index in [1.54, 1.807) is 18.2 Å². The van der Waals surface area contributed by atoms with Crippen LogP contribution in [0.2, 0.25) is 5.02 Å². The number of hydrogen-bond donors (Lipinski definition) is 3. The lowest BCUT2D eigenvalue weighted by molar-refractivity contribution is -0.138. The number of carboxylic acids is 1. The minimum atomic E-state index is -1.05. The first-order valence-electron chi connectivity index (χ1n) is 5.95. The maximum Gasteiger partial charge on any atom is 0.320 e. The Bertz CT molecular complexity index is 532. The van der Waals surface area contributed by atoms with Crippen molar-refractivity contribution < 1.29 is 14.3 Å². The third kappa shape index (κ3) is 5.03. The van der Waals surface area contributed by atoms with Crippen molar-refractivity contribution in [2.75, 3.05) is 6.54 Å². The van der Waals surface area contributed by atoms with Crippen LogP contribution in [0.3, 0.4) is 0 Å². The van der Waals surface area contributed by atoms with Gasteiger partial charge in [0.05, 0.1) is 5.02 Å². The van der Waals surface area contributed by atoms with Crippen LogP contribution in [-0.2, 0) is 4.79 Å². The number of nitrogens with one attached hydrogen (secondary N) is 1. The van der Waals surface area contributed by atoms with Gasteiger partial charge in [-0.05, 0) is 24.6 Å². The van der Waals surface area contributed by atoms with Gasteiger partial charge in [0.1, 0.15) is 11.9 Å². The van der Waals surface area contributed by atoms with Crippen LogP contribution in [0.4, 0.5) is 4.39 Å². The van der Waals surface area contributed by atoms with E-state index in [-0.39, 0.29) is 11.4 Å². The molecule has 108 valence electrons. The predicted octanol–water partition coefficient (Wildman–Crippen LogP) is 2.40. The summed E-state index contributed by atoms with van der Waals surface area (Å²) in [6.45, 7) is 4.09. The molecule has 0 aliphatic rings. The normalized spacial score (nSPS) is 12.3. The summed E-state index contributed by atoms with van der Waals surface area (Å²) in [7, 11) is 0. The van der Waals surface area contributed by atoms with Gasteiger partial charge >= 0.3 is 5.97 Å². The van der Waals surface area contributed by atoms with E-state index in [1.165, 1.54) is 12.1 Å². The van der Waals surface area contributed by atoms with Crippen LogP contribution in [0.5, 0.6) is 0 Å². The molecule has 6 heteroatoms. The fraction of sp³-hybridized carbons (Fsp3) is 0.214. The molecule has 0 aliphatic carbocycles. The van der Waals surface area contributed by atoms with Gasteiger partial charge in [-0.1, -0.05) is 30.3 Å². The first-order valence-corrected chi connectivity index (χ1v) is 6.33. The van der Waals surface area contributed by atoms with Gasteiger partial charge in [-0.25, -0.2) is 4.39 Å². The first kappa shape index (κ1) is 16.2. The largest absolute Gasteiger partial charge is 0.480 e. The lowest BCUT2D eigenvalue weighted by atomic mass is 10.2. The zero-order valence-electron chi connectivity index (χ0n) is 10.8. The summed E-state index contributed by atoms with van der Waals surface area (Å²) < 4.78 is 13.6. The molecule has 0 heterocycles. The van der Waals surface area contributed by atoms with Crippen molar-refractivity contribution in [2.24, 2.45) is 5.73 Å². The quantitative estimate of drug-likeness (QED) is 0.676. The molecule has 0 amide bonds. The Morgan fingerprint density at radius 2 is 2.30 bits per heavy atom. The molecule has 4 N–H and O–H groups in total. The number of hydrogen-bond acceptors (Lipinski definition) is 3. The Morgan fingerprint density at radius 1 is 1.60 bits per heavy atom. The highest BCUT2D eigenvalue weighted by Crippen LogP contribution is 2.19. The van der Waals surface area contributed by atoms with Crippen molar-refractivity contribution in [3.8, 4) is 0 Å². The van der Waals surface area contributed by atoms with Crippen LogP contribution >= 0.6 is 11.6 Å². The molecular formula is C14H16ClFN2O2. The molecule has 1 aromatic carbocycles. The molecule has 0 radical (unpaired) electrons. The lowest BCUT2D eigenvalue weighted by Gasteiger charge is -2.08. The van der Waals surface area contributed by atoms with Crippen molar-refractivity contribution in [2.45, 2.75) is 12.5 Å². The van der Waals surface area contributed by atoms with E-state index in [9.17, 15) is 9.18 Å². The third-order valence-electron chi connectivity index (χ3n) is 2.57. The average Bonchev–Trinajstić information content (AvgIpc) is 2.40. The highest BCUT2D eigenvalue weighted by Gasteiger charge is 2.09. The number of carbonyl (C=O) groups is 1. The van der Waals surface area contributed by atoms with E-state index in [0.29, 0.717) is 17.8 Å². The van der Waals surface area contributed by atoms with Crippen molar-refractivity contribution >= 4 is 23.6 Å². The van der Waals surface area contributed by atoms with Gasteiger partial charge in [0, 0.05) is 17.8 Å². The van der Waals surface area contributed by atoms with E-state index >= 15 is 0 Å². The number of aliphatic carboxylic acids is 1. The molecular weight excluding hydrogens is 283 g/mol. The molecule has 0 bridgehead atoms. The second kappa shape index (κ2) is 7.67. The summed E-state index contributed by atoms with van der Waals surface area (Å²) in [6, 6.07) is 3.79. The number of halogens is 2. The number of nitrogens with two attached hydrogens (primary N) is 1. The Morgan fingerprint density at radius 3 is 2.95 bits per heavy atom. The highest BCUT2D eigenvalue weighted by atomic mass is 35.5. The second-order valence-corrected chi connectivity index (χ2v) is 4.57. The molecule has 0 aliphatic heterocycles. The molecule has 1 rings (SSSR count). The fourth-order valence-electron chi connectivity index (χ4n) is 1.41. The van der Waals surface area contributed by atoms with E-state index in [4.69, 9.17) is 22.4 Å². The average molecular weight is 299 g/mol. The van der Waals surface area contributed by atoms with Gasteiger partial charge in [-0.15, -0.1) is 0 Å². The van der Waals surface area contributed by atoms with Crippen molar-refractivity contribution in [3.05, 3.63) is 53.0 Å². The Kier molecular flexibility index (Phi) is 6.21. The smallest absolute Gasteiger partial charge is 0.320 e. The number of benzene rings is 1. The molecule has 20 heavy (non-hydrogen) atoms. The van der Waals surface area contributed by atoms with Gasteiger partial charge in [0.25, 0.3) is 0 Å². The van der Waals surface area contributed by atoms with Crippen LogP contribution in [0.25, 0.3) is 6.08 Å². The Labute approximate surface area is 121 Å². The third-order valence-corrected chi connectivity index (χ3v) is 2.86. The molecule has 1 unspecified atom stereocenters. The molecule has 1 atom stereocenters. The minimum Gasteiger partial charge on any atom is -0.480 e. The second-order valence-electron chi connectivity index (χ2n) is 4.16. The van der Waals surface area contributed by atoms with Crippen molar-refractivity contribution in [1.82, 2.24) is 5.32 Å². The van der Waals surface area contributed by atoms with E-state index in [1.807, 2.05) is 0 Å². The number of rotatable bonds is 7. The molecule has 0 fully saturated rings. The SMILES string of the molecule is C=C(/C=C/c1cccc(Cl)c1F)NCCC(N)C(=O)O. The van der Waals surface area contributed by atoms with Crippen LogP contribution in [-0.4, -0.2) is 23.7 Å². The summed E-state index contributed by atoms with van der Waals surface area (Å²) in [5.41, 5.74) is 6.23. The zero-order valence-corrected chi connectivity index (χ0v) is 11.5. The summed E-state index contributed by atoms with van der Waals surface area (Å²) in [5, 5.41) is 11.6. The summed E-state index contributed by atoms with van der Waals surface area (Å²) in [5.74, 6) is -1.54. The van der Waals surface area contributed by atoms with Crippen molar-refractivity contribution in [1.29, 1.82) is 0 Å². The molecule has 4 nitrogen and oxygen atoms in total. The van der Waals surface area contributed by atoms with E-state index in [2.05, 4.69) is 11.9 Å². The molecule has 1 aromatic rings. The van der Waals surface area contributed by atoms with Crippen LogP contribution < -0.4 is 11.1 Å². The number of carboxylic acid groups (broad SMARTS) is 1. The van der Waals surface area contributed by atoms with Crippen LogP contribution in [0.1, 0.15) is 12.0 Å². The van der Waals surface area contributed by atoms with Crippen molar-refractivity contribution in [3.63, 3.8) is 0 Å². The number of allylic oxidation sites excluding steroid dienone is 1. The van der Waals surface area contributed by atoms with Gasteiger partial charge in [0.2, 0.25) is 0 Å². The Balaban J connectivity index is 2.48. The maximum absolute atomic E-state index is 13.6. The van der Waals surface area contributed by atoms with Gasteiger partial charge in [0.15, 0.2) is 0 Å². The highest BCUT2D eigenvalue weighted by molar-refractivity contribution is 6.30. The zero-order chi connectivity index (χ0) is 15.1. The summed E-state index contributed by atoms with van der Waals surface area (Å²) in [6.07, 6.45) is 3.39. The van der Waals surface area contributed by atoms with E-state index in [0.717, 1.165) is 0 Å². The van der Waals surface area contributed by atoms with Gasteiger partial charge in [-0.3, -0.25) is 4.79 Å². The van der Waals surface area contributed by atoms with E-state index < -0.39 is 17.8 Å². The van der Waals surface area contributed by atoms with Gasteiger partial charge in [-0.2, -0.15) is 0 Å². The summed E-state index contributed by atoms with van der Waals surface area (Å²) in [4.78, 5) is 10.5. The Hall–Kier alpha value is -1.85. The topological polar surface area (TPSA) is 75.3 Å². The standard InChI is InChI=1S/C14H16ClFN2O2/c1-9(18-8-7-12(17)14(19)20)5-6-10-3-2-4-11(15)13(10)16/h2-6,12,18H,1,7-8,17H2,(H,19,20)/b6-5+. The van der Waals surface area contributed by atoms with Gasteiger partial charge < -0.3 is 16.2 Å². The molecule has 0 saturated carbocycles. The fourth-order valence-corrected chi connectivity index (χ4v) is 1.59. The molecule has 0 spiro atoms. The molecule has 0 aromatic heterocycles. The van der Waals surface area contributed by atoms with Crippen LogP contribution in [0, 0.1) is 5.82 Å². The minimum absolute atomic E-state index is 0.0538. The first-order chi connectivity index (χ1) is 9.41. The summed E-state index contributed by atoms with van der Waals surface area (Å²) >= 11 is 5.66. The monoisotopic (exact) mass is 298 g/mol. The molecule has 0 saturated heterocycles. The predicted molar refractivity (Wildman–Crippen MR) is 77.8 cm³/mol.